The van der Waals surface area contributed by atoms with Crippen molar-refractivity contribution in [2.75, 3.05) is 12.3 Å². The van der Waals surface area contributed by atoms with E-state index in [1.165, 1.54) is 13.8 Å². The lowest BCUT2D eigenvalue weighted by Crippen LogP contribution is -2.41. The van der Waals surface area contributed by atoms with Crippen LogP contribution in [0.1, 0.15) is 33.1 Å². The summed E-state index contributed by atoms with van der Waals surface area (Å²) in [5, 5.41) is 8.61. The summed E-state index contributed by atoms with van der Waals surface area (Å²) in [5.74, 6) is -1.79. The van der Waals surface area contributed by atoms with E-state index in [4.69, 9.17) is 5.11 Å². The third-order valence-corrected chi connectivity index (χ3v) is 4.63. The van der Waals surface area contributed by atoms with Gasteiger partial charge in [0.05, 0.1) is 12.2 Å². The summed E-state index contributed by atoms with van der Waals surface area (Å²) < 4.78 is 60.5. The number of carbonyl (C=O) groups is 1. The van der Waals surface area contributed by atoms with Gasteiger partial charge in [0.15, 0.2) is 0 Å². The standard InChI is InChI=1S/C10H18F3NO4S/c1-3-14(8(2)7-9(15)16)19(17,18)6-4-5-10(11,12)13/h8H,3-7H2,1-2H3,(H,15,16). The maximum Gasteiger partial charge on any atom is 0.389 e. The highest BCUT2D eigenvalue weighted by Crippen LogP contribution is 2.22. The fraction of sp³-hybridized carbons (Fsp3) is 0.900. The van der Waals surface area contributed by atoms with E-state index >= 15 is 0 Å². The van der Waals surface area contributed by atoms with Crippen LogP contribution in [0.2, 0.25) is 0 Å². The van der Waals surface area contributed by atoms with Gasteiger partial charge in [-0.05, 0) is 13.3 Å². The first-order chi connectivity index (χ1) is 8.49. The van der Waals surface area contributed by atoms with Crippen molar-refractivity contribution in [3.05, 3.63) is 0 Å². The SMILES string of the molecule is CCN(C(C)CC(=O)O)S(=O)(=O)CCCC(F)(F)F. The zero-order chi connectivity index (χ0) is 15.3. The van der Waals surface area contributed by atoms with Crippen molar-refractivity contribution in [3.8, 4) is 0 Å². The molecule has 0 rings (SSSR count). The van der Waals surface area contributed by atoms with E-state index in [9.17, 15) is 26.4 Å². The van der Waals surface area contributed by atoms with Crippen molar-refractivity contribution in [2.24, 2.45) is 0 Å². The molecule has 5 nitrogen and oxygen atoms in total. The first-order valence-corrected chi connectivity index (χ1v) is 7.38. The first-order valence-electron chi connectivity index (χ1n) is 5.77. The highest BCUT2D eigenvalue weighted by Gasteiger charge is 2.30. The molecule has 0 fully saturated rings. The summed E-state index contributed by atoms with van der Waals surface area (Å²) in [4.78, 5) is 10.5. The molecular weight excluding hydrogens is 287 g/mol. The van der Waals surface area contributed by atoms with Gasteiger partial charge in [0.1, 0.15) is 0 Å². The van der Waals surface area contributed by atoms with E-state index in [-0.39, 0.29) is 13.0 Å². The van der Waals surface area contributed by atoms with Gasteiger partial charge in [-0.15, -0.1) is 0 Å². The lowest BCUT2D eigenvalue weighted by molar-refractivity contribution is -0.138. The Kier molecular flexibility index (Phi) is 6.78. The first kappa shape index (κ1) is 18.2. The molecule has 0 amide bonds. The lowest BCUT2D eigenvalue weighted by Gasteiger charge is -2.26. The minimum absolute atomic E-state index is 0.0306. The Morgan fingerprint density at radius 2 is 1.89 bits per heavy atom. The van der Waals surface area contributed by atoms with Crippen LogP contribution in [-0.2, 0) is 14.8 Å². The summed E-state index contributed by atoms with van der Waals surface area (Å²) in [5.41, 5.74) is 0. The van der Waals surface area contributed by atoms with Crippen LogP contribution in [0.4, 0.5) is 13.2 Å². The van der Waals surface area contributed by atoms with Crippen LogP contribution in [-0.4, -0.2) is 48.3 Å². The van der Waals surface area contributed by atoms with Gasteiger partial charge in [0.25, 0.3) is 0 Å². The van der Waals surface area contributed by atoms with Gasteiger partial charge in [-0.3, -0.25) is 4.79 Å². The maximum absolute atomic E-state index is 12.0. The van der Waals surface area contributed by atoms with Gasteiger partial charge >= 0.3 is 12.1 Å². The van der Waals surface area contributed by atoms with E-state index in [1.54, 1.807) is 0 Å². The van der Waals surface area contributed by atoms with Crippen LogP contribution < -0.4 is 0 Å². The summed E-state index contributed by atoms with van der Waals surface area (Å²) >= 11 is 0. The Balaban J connectivity index is 4.62. The van der Waals surface area contributed by atoms with Crippen LogP contribution >= 0.6 is 0 Å². The van der Waals surface area contributed by atoms with E-state index in [2.05, 4.69) is 0 Å². The molecule has 0 aliphatic carbocycles. The normalized spacial score (nSPS) is 14.6. The van der Waals surface area contributed by atoms with Crippen molar-refractivity contribution in [2.45, 2.75) is 45.3 Å². The minimum Gasteiger partial charge on any atom is -0.481 e. The molecule has 0 aromatic rings. The number of alkyl halides is 3. The molecule has 9 heteroatoms. The predicted octanol–water partition coefficient (Wildman–Crippen LogP) is 1.84. The molecule has 0 aromatic carbocycles. The summed E-state index contributed by atoms with van der Waals surface area (Å²) in [6, 6.07) is -0.779. The van der Waals surface area contributed by atoms with Crippen LogP contribution in [0, 0.1) is 0 Å². The van der Waals surface area contributed by atoms with Crippen LogP contribution in [0.15, 0.2) is 0 Å². The van der Waals surface area contributed by atoms with E-state index in [0.29, 0.717) is 0 Å². The zero-order valence-corrected chi connectivity index (χ0v) is 11.6. The second kappa shape index (κ2) is 7.09. The van der Waals surface area contributed by atoms with Crippen molar-refractivity contribution in [1.29, 1.82) is 0 Å². The Hall–Kier alpha value is -0.830. The summed E-state index contributed by atoms with van der Waals surface area (Å²) in [6.45, 7) is 2.96. The number of aliphatic carboxylic acids is 1. The van der Waals surface area contributed by atoms with Gasteiger partial charge in [-0.2, -0.15) is 17.5 Å². The van der Waals surface area contributed by atoms with Crippen LogP contribution in [0.3, 0.4) is 0 Å². The average Bonchev–Trinajstić information content (AvgIpc) is 2.13. The van der Waals surface area contributed by atoms with Gasteiger partial charge in [-0.25, -0.2) is 8.42 Å². The molecule has 0 saturated heterocycles. The average molecular weight is 305 g/mol. The van der Waals surface area contributed by atoms with Gasteiger partial charge in [0.2, 0.25) is 10.0 Å². The molecule has 1 atom stereocenters. The Bertz CT molecular complexity index is 394. The third kappa shape index (κ3) is 7.36. The third-order valence-electron chi connectivity index (χ3n) is 2.49. The Morgan fingerprint density at radius 1 is 1.37 bits per heavy atom. The topological polar surface area (TPSA) is 74.7 Å². The minimum atomic E-state index is -4.39. The fourth-order valence-electron chi connectivity index (χ4n) is 1.71. The second-order valence-electron chi connectivity index (χ2n) is 4.18. The molecular formula is C10H18F3NO4S. The summed E-state index contributed by atoms with van der Waals surface area (Å²) in [7, 11) is -3.87. The van der Waals surface area contributed by atoms with Crippen LogP contribution in [0.5, 0.6) is 0 Å². The molecule has 0 aliphatic heterocycles. The molecule has 0 saturated carbocycles. The molecule has 0 aromatic heterocycles. The smallest absolute Gasteiger partial charge is 0.389 e. The molecule has 114 valence electrons. The van der Waals surface area contributed by atoms with E-state index in [0.717, 1.165) is 4.31 Å². The molecule has 0 spiro atoms. The second-order valence-corrected chi connectivity index (χ2v) is 6.23. The largest absolute Gasteiger partial charge is 0.481 e. The Labute approximate surface area is 110 Å². The molecule has 0 heterocycles. The molecule has 19 heavy (non-hydrogen) atoms. The van der Waals surface area contributed by atoms with Gasteiger partial charge in [0, 0.05) is 19.0 Å². The monoisotopic (exact) mass is 305 g/mol. The number of hydrogen-bond acceptors (Lipinski definition) is 3. The molecule has 0 bridgehead atoms. The van der Waals surface area contributed by atoms with Gasteiger partial charge < -0.3 is 5.11 Å². The molecule has 1 N–H and O–H groups in total. The highest BCUT2D eigenvalue weighted by atomic mass is 32.2. The lowest BCUT2D eigenvalue weighted by atomic mass is 10.2. The number of nitrogens with zero attached hydrogens (tertiary/aromatic N) is 1. The molecule has 1 unspecified atom stereocenters. The van der Waals surface area contributed by atoms with Crippen molar-refractivity contribution >= 4 is 16.0 Å². The fourth-order valence-corrected chi connectivity index (χ4v) is 3.47. The number of hydrogen-bond donors (Lipinski definition) is 1. The maximum atomic E-state index is 12.0. The van der Waals surface area contributed by atoms with E-state index in [1.807, 2.05) is 0 Å². The van der Waals surface area contributed by atoms with E-state index < -0.39 is 46.8 Å². The van der Waals surface area contributed by atoms with Crippen molar-refractivity contribution < 1.29 is 31.5 Å². The van der Waals surface area contributed by atoms with Crippen molar-refractivity contribution in [1.82, 2.24) is 4.31 Å². The number of rotatable bonds is 8. The molecule has 0 radical (unpaired) electrons. The quantitative estimate of drug-likeness (QED) is 0.742. The summed E-state index contributed by atoms with van der Waals surface area (Å²) in [6.07, 6.45) is -6.47. The van der Waals surface area contributed by atoms with Crippen molar-refractivity contribution in [3.63, 3.8) is 0 Å². The number of carboxylic acid groups (broad SMARTS) is 1. The predicted molar refractivity (Wildman–Crippen MR) is 63.2 cm³/mol. The zero-order valence-electron chi connectivity index (χ0n) is 10.8. The highest BCUT2D eigenvalue weighted by molar-refractivity contribution is 7.89. The van der Waals surface area contributed by atoms with Crippen LogP contribution in [0.25, 0.3) is 0 Å². The molecule has 0 aliphatic rings. The number of sulfonamides is 1. The van der Waals surface area contributed by atoms with Gasteiger partial charge in [-0.1, -0.05) is 6.92 Å². The number of carboxylic acids is 1. The number of halogens is 3. The Morgan fingerprint density at radius 3 is 2.26 bits per heavy atom.